The molecule has 0 fully saturated rings. The Morgan fingerprint density at radius 1 is 1.10 bits per heavy atom. The molecule has 2 nitrogen and oxygen atoms in total. The topological polar surface area (TPSA) is 25.2 Å². The molecule has 0 saturated carbocycles. The summed E-state index contributed by atoms with van der Waals surface area (Å²) in [7, 11) is 0. The van der Waals surface area contributed by atoms with Gasteiger partial charge in [-0.25, -0.2) is 4.98 Å². The fourth-order valence-electron chi connectivity index (χ4n) is 1.99. The van der Waals surface area contributed by atoms with Crippen molar-refractivity contribution in [1.82, 2.24) is 4.98 Å². The van der Waals surface area contributed by atoms with E-state index in [9.17, 15) is 0 Å². The first-order valence-corrected chi connectivity index (χ1v) is 8.93. The molecule has 110 valence electrons. The quantitative estimate of drug-likeness (QED) is 0.215. The number of rotatable bonds is 11. The van der Waals surface area contributed by atoms with Gasteiger partial charge in [0, 0.05) is 0 Å². The molecule has 0 spiro atoms. The molecule has 1 aromatic heterocycles. The van der Waals surface area contributed by atoms with Crippen molar-refractivity contribution in [2.24, 2.45) is 4.99 Å². The maximum absolute atomic E-state index is 4.56. The Bertz CT molecular complexity index is 397. The summed E-state index contributed by atoms with van der Waals surface area (Å²) in [6, 6.07) is 3.93. The molecular formula is C16H24N2S2. The van der Waals surface area contributed by atoms with Gasteiger partial charge < -0.3 is 0 Å². The summed E-state index contributed by atoms with van der Waals surface area (Å²) in [4.78, 5) is 8.24. The van der Waals surface area contributed by atoms with Gasteiger partial charge in [0.15, 0.2) is 0 Å². The minimum atomic E-state index is 0.774. The van der Waals surface area contributed by atoms with E-state index in [1.54, 1.807) is 6.20 Å². The van der Waals surface area contributed by atoms with Crippen molar-refractivity contribution in [3.63, 3.8) is 0 Å². The molecule has 0 radical (unpaired) electrons. The molecule has 0 bridgehead atoms. The van der Waals surface area contributed by atoms with Crippen molar-refractivity contribution >= 4 is 34.8 Å². The van der Waals surface area contributed by atoms with Crippen LogP contribution >= 0.6 is 24.0 Å². The zero-order chi connectivity index (χ0) is 14.5. The molecule has 0 N–H and O–H groups in total. The Hall–Kier alpha value is -0.700. The first kappa shape index (κ1) is 17.4. The molecule has 0 aliphatic carbocycles. The summed E-state index contributed by atoms with van der Waals surface area (Å²) in [6.45, 7) is 2.26. The predicted octanol–water partition coefficient (Wildman–Crippen LogP) is 6.05. The largest absolute Gasteiger partial charge is 0.248 e. The van der Waals surface area contributed by atoms with Crippen molar-refractivity contribution in [1.29, 1.82) is 0 Å². The number of thioether (sulfide) groups is 1. The molecule has 0 unspecified atom stereocenters. The van der Waals surface area contributed by atoms with E-state index in [2.05, 4.69) is 34.3 Å². The van der Waals surface area contributed by atoms with Crippen LogP contribution in [0, 0.1) is 0 Å². The molecule has 0 saturated heterocycles. The van der Waals surface area contributed by atoms with Gasteiger partial charge >= 0.3 is 0 Å². The highest BCUT2D eigenvalue weighted by Crippen LogP contribution is 2.20. The maximum Gasteiger partial charge on any atom is 0.0961 e. The first-order valence-electron chi connectivity index (χ1n) is 7.53. The van der Waals surface area contributed by atoms with Gasteiger partial charge in [0.05, 0.1) is 22.1 Å². The van der Waals surface area contributed by atoms with Gasteiger partial charge in [0.2, 0.25) is 0 Å². The Morgan fingerprint density at radius 2 is 1.80 bits per heavy atom. The van der Waals surface area contributed by atoms with Gasteiger partial charge in [-0.15, -0.1) is 11.8 Å². The average molecular weight is 309 g/mol. The van der Waals surface area contributed by atoms with E-state index in [1.807, 2.05) is 23.9 Å². The number of aromatic nitrogens is 1. The van der Waals surface area contributed by atoms with Crippen molar-refractivity contribution in [3.8, 4) is 0 Å². The Balaban J connectivity index is 2.02. The minimum absolute atomic E-state index is 0.774. The van der Waals surface area contributed by atoms with Crippen LogP contribution in [-0.4, -0.2) is 15.9 Å². The van der Waals surface area contributed by atoms with Gasteiger partial charge in [-0.3, -0.25) is 0 Å². The number of thiocarbonyl (C=S) groups is 1. The molecule has 1 aromatic rings. The Morgan fingerprint density at radius 3 is 2.40 bits per heavy atom. The minimum Gasteiger partial charge on any atom is -0.248 e. The monoisotopic (exact) mass is 308 g/mol. The third-order valence-corrected chi connectivity index (χ3v) is 4.26. The van der Waals surface area contributed by atoms with Crippen LogP contribution in [0.15, 0.2) is 28.3 Å². The van der Waals surface area contributed by atoms with Crippen molar-refractivity contribution in [2.75, 3.05) is 5.75 Å². The molecular weight excluding hydrogens is 284 g/mol. The van der Waals surface area contributed by atoms with Crippen molar-refractivity contribution in [3.05, 3.63) is 18.3 Å². The highest BCUT2D eigenvalue weighted by Gasteiger charge is 1.97. The van der Waals surface area contributed by atoms with Crippen LogP contribution in [0.4, 0.5) is 5.69 Å². The van der Waals surface area contributed by atoms with Gasteiger partial charge in [-0.05, 0) is 36.5 Å². The molecule has 1 heterocycles. The number of isothiocyanates is 1. The van der Waals surface area contributed by atoms with Crippen LogP contribution in [-0.2, 0) is 0 Å². The van der Waals surface area contributed by atoms with Gasteiger partial charge in [0.25, 0.3) is 0 Å². The number of nitrogens with zero attached hydrogens (tertiary/aromatic N) is 2. The third-order valence-electron chi connectivity index (χ3n) is 3.14. The van der Waals surface area contributed by atoms with Crippen LogP contribution in [0.25, 0.3) is 0 Å². The number of aliphatic imine (C=N–C) groups is 1. The van der Waals surface area contributed by atoms with E-state index in [1.165, 1.54) is 51.4 Å². The van der Waals surface area contributed by atoms with E-state index in [-0.39, 0.29) is 0 Å². The zero-order valence-corrected chi connectivity index (χ0v) is 13.9. The average Bonchev–Trinajstić information content (AvgIpc) is 2.47. The fourth-order valence-corrected chi connectivity index (χ4v) is 2.94. The summed E-state index contributed by atoms with van der Waals surface area (Å²) in [5.41, 5.74) is 0.774. The molecule has 4 heteroatoms. The lowest BCUT2D eigenvalue weighted by atomic mass is 10.1. The maximum atomic E-state index is 4.56. The zero-order valence-electron chi connectivity index (χ0n) is 12.3. The predicted molar refractivity (Wildman–Crippen MR) is 92.3 cm³/mol. The number of pyridine rings is 1. The standard InChI is InChI=1S/C16H24N2S2/c1-2-3-4-5-6-7-8-9-12-20-16-11-10-15(13-17-16)18-14-19/h10-11,13H,2-9,12H2,1H3. The van der Waals surface area contributed by atoms with Crippen LogP contribution in [0.1, 0.15) is 58.3 Å². The number of hydrogen-bond donors (Lipinski definition) is 0. The Labute approximate surface area is 132 Å². The van der Waals surface area contributed by atoms with Gasteiger partial charge in [-0.1, -0.05) is 51.9 Å². The van der Waals surface area contributed by atoms with Gasteiger partial charge in [-0.2, -0.15) is 4.99 Å². The third kappa shape index (κ3) is 8.47. The van der Waals surface area contributed by atoms with E-state index in [4.69, 9.17) is 0 Å². The normalized spacial score (nSPS) is 10.2. The van der Waals surface area contributed by atoms with E-state index < -0.39 is 0 Å². The molecule has 0 aliphatic rings. The van der Waals surface area contributed by atoms with E-state index >= 15 is 0 Å². The smallest absolute Gasteiger partial charge is 0.0961 e. The molecule has 20 heavy (non-hydrogen) atoms. The summed E-state index contributed by atoms with van der Waals surface area (Å²) in [6.07, 6.45) is 12.7. The fraction of sp³-hybridized carbons (Fsp3) is 0.625. The lowest BCUT2D eigenvalue weighted by Crippen LogP contribution is -1.85. The molecule has 0 aliphatic heterocycles. The van der Waals surface area contributed by atoms with E-state index in [0.29, 0.717) is 0 Å². The first-order chi connectivity index (χ1) is 9.86. The molecule has 0 aromatic carbocycles. The molecule has 1 rings (SSSR count). The summed E-state index contributed by atoms with van der Waals surface area (Å²) in [5, 5.41) is 3.42. The summed E-state index contributed by atoms with van der Waals surface area (Å²) in [5.74, 6) is 1.15. The molecule has 0 amide bonds. The highest BCUT2D eigenvalue weighted by atomic mass is 32.2. The lowest BCUT2D eigenvalue weighted by molar-refractivity contribution is 0.586. The number of hydrogen-bond acceptors (Lipinski definition) is 4. The van der Waals surface area contributed by atoms with Crippen LogP contribution in [0.5, 0.6) is 0 Å². The second-order valence-corrected chi connectivity index (χ2v) is 6.18. The van der Waals surface area contributed by atoms with Crippen LogP contribution in [0.2, 0.25) is 0 Å². The Kier molecular flexibility index (Phi) is 10.5. The highest BCUT2D eigenvalue weighted by molar-refractivity contribution is 7.99. The van der Waals surface area contributed by atoms with Crippen LogP contribution < -0.4 is 0 Å². The van der Waals surface area contributed by atoms with Crippen LogP contribution in [0.3, 0.4) is 0 Å². The summed E-state index contributed by atoms with van der Waals surface area (Å²) < 4.78 is 0. The molecule has 0 atom stereocenters. The van der Waals surface area contributed by atoms with Crippen molar-refractivity contribution < 1.29 is 0 Å². The second kappa shape index (κ2) is 12.1. The summed E-state index contributed by atoms with van der Waals surface area (Å²) >= 11 is 6.38. The SMILES string of the molecule is CCCCCCCCCCSc1ccc(N=C=S)cn1. The van der Waals surface area contributed by atoms with E-state index in [0.717, 1.165) is 16.5 Å². The van der Waals surface area contributed by atoms with Crippen molar-refractivity contribution in [2.45, 2.75) is 63.3 Å². The van der Waals surface area contributed by atoms with Gasteiger partial charge in [0.1, 0.15) is 0 Å². The lowest BCUT2D eigenvalue weighted by Gasteiger charge is -2.02. The second-order valence-electron chi connectivity index (χ2n) is 4.88. The number of unbranched alkanes of at least 4 members (excludes halogenated alkanes) is 7.